The average molecular weight is 290 g/mol. The van der Waals surface area contributed by atoms with Gasteiger partial charge in [0, 0.05) is 39.3 Å². The van der Waals surface area contributed by atoms with Crippen LogP contribution in [0.25, 0.3) is 0 Å². The number of hydrogen-bond donors (Lipinski definition) is 0. The zero-order valence-corrected chi connectivity index (χ0v) is 13.1. The Labute approximate surface area is 127 Å². The van der Waals surface area contributed by atoms with Crippen LogP contribution >= 0.6 is 0 Å². The molecule has 2 rings (SSSR count). The summed E-state index contributed by atoms with van der Waals surface area (Å²) in [6, 6.07) is 11.0. The highest BCUT2D eigenvalue weighted by Gasteiger charge is 2.23. The Balaban J connectivity index is 1.90. The molecule has 4 heteroatoms. The van der Waals surface area contributed by atoms with Crippen molar-refractivity contribution < 1.29 is 9.53 Å². The predicted molar refractivity (Wildman–Crippen MR) is 84.0 cm³/mol. The molecule has 21 heavy (non-hydrogen) atoms. The Morgan fingerprint density at radius 3 is 2.71 bits per heavy atom. The lowest BCUT2D eigenvalue weighted by atomic mass is 10.1. The quantitative estimate of drug-likeness (QED) is 0.833. The van der Waals surface area contributed by atoms with Gasteiger partial charge in [0.25, 0.3) is 0 Å². The van der Waals surface area contributed by atoms with Crippen LogP contribution in [0.1, 0.15) is 25.3 Å². The minimum absolute atomic E-state index is 0.214. The molecule has 1 aliphatic heterocycles. The van der Waals surface area contributed by atoms with Gasteiger partial charge in [-0.05, 0) is 18.9 Å². The van der Waals surface area contributed by atoms with Crippen molar-refractivity contribution >= 4 is 5.91 Å². The number of hydrogen-bond acceptors (Lipinski definition) is 3. The number of nitrogens with zero attached hydrogens (tertiary/aromatic N) is 2. The van der Waals surface area contributed by atoms with Crippen LogP contribution in [-0.2, 0) is 16.1 Å². The zero-order valence-electron chi connectivity index (χ0n) is 13.1. The highest BCUT2D eigenvalue weighted by Crippen LogP contribution is 2.15. The van der Waals surface area contributed by atoms with E-state index in [1.54, 1.807) is 7.11 Å². The third-order valence-electron chi connectivity index (χ3n) is 4.20. The Bertz CT molecular complexity index is 436. The zero-order chi connectivity index (χ0) is 15.1. The topological polar surface area (TPSA) is 32.8 Å². The second-order valence-electron chi connectivity index (χ2n) is 5.72. The van der Waals surface area contributed by atoms with Crippen molar-refractivity contribution in [3.05, 3.63) is 35.9 Å². The van der Waals surface area contributed by atoms with E-state index >= 15 is 0 Å². The lowest BCUT2D eigenvalue weighted by Gasteiger charge is -2.26. The molecule has 1 aliphatic rings. The Hall–Kier alpha value is -1.39. The molecule has 0 aliphatic carbocycles. The fraction of sp³-hybridized carbons (Fsp3) is 0.588. The van der Waals surface area contributed by atoms with Crippen molar-refractivity contribution in [1.29, 1.82) is 0 Å². The summed E-state index contributed by atoms with van der Waals surface area (Å²) in [7, 11) is 1.64. The second-order valence-corrected chi connectivity index (χ2v) is 5.72. The second kappa shape index (κ2) is 8.15. The smallest absolute Gasteiger partial charge is 0.224 e. The van der Waals surface area contributed by atoms with E-state index in [1.165, 1.54) is 5.56 Å². The first-order valence-corrected chi connectivity index (χ1v) is 7.75. The Kier molecular flexibility index (Phi) is 6.21. The van der Waals surface area contributed by atoms with Gasteiger partial charge in [-0.2, -0.15) is 0 Å². The number of methoxy groups -OCH3 is 1. The van der Waals surface area contributed by atoms with Gasteiger partial charge in [-0.1, -0.05) is 30.3 Å². The molecule has 1 amide bonds. The monoisotopic (exact) mass is 290 g/mol. The Morgan fingerprint density at radius 1 is 1.24 bits per heavy atom. The fourth-order valence-corrected chi connectivity index (χ4v) is 2.76. The molecule has 0 N–H and O–H groups in total. The van der Waals surface area contributed by atoms with Crippen molar-refractivity contribution in [2.24, 2.45) is 0 Å². The first-order chi connectivity index (χ1) is 10.2. The van der Waals surface area contributed by atoms with Gasteiger partial charge >= 0.3 is 0 Å². The molecular formula is C17H26N2O2. The molecule has 4 nitrogen and oxygen atoms in total. The minimum Gasteiger partial charge on any atom is -0.384 e. The van der Waals surface area contributed by atoms with Crippen LogP contribution in [0, 0.1) is 0 Å². The van der Waals surface area contributed by atoms with E-state index in [2.05, 4.69) is 36.1 Å². The molecule has 1 aromatic carbocycles. The van der Waals surface area contributed by atoms with E-state index < -0.39 is 0 Å². The third kappa shape index (κ3) is 4.83. The summed E-state index contributed by atoms with van der Waals surface area (Å²) in [6.45, 7) is 6.34. The summed E-state index contributed by atoms with van der Waals surface area (Å²) in [5, 5.41) is 0. The molecule has 0 aromatic heterocycles. The van der Waals surface area contributed by atoms with E-state index in [9.17, 15) is 4.79 Å². The van der Waals surface area contributed by atoms with Gasteiger partial charge in [-0.25, -0.2) is 0 Å². The summed E-state index contributed by atoms with van der Waals surface area (Å²) < 4.78 is 5.00. The minimum atomic E-state index is 0.214. The van der Waals surface area contributed by atoms with Gasteiger partial charge in [-0.15, -0.1) is 0 Å². The van der Waals surface area contributed by atoms with Crippen molar-refractivity contribution in [2.75, 3.05) is 33.4 Å². The molecule has 1 unspecified atom stereocenters. The maximum Gasteiger partial charge on any atom is 0.224 e. The maximum absolute atomic E-state index is 12.1. The molecule has 0 spiro atoms. The summed E-state index contributed by atoms with van der Waals surface area (Å²) >= 11 is 0. The number of benzene rings is 1. The largest absolute Gasteiger partial charge is 0.384 e. The maximum atomic E-state index is 12.1. The summed E-state index contributed by atoms with van der Waals surface area (Å²) in [5.41, 5.74) is 1.34. The summed E-state index contributed by atoms with van der Waals surface area (Å²) in [5.74, 6) is 0.214. The SMILES string of the molecule is COCCC(=O)N1CCC(C)N(Cc2ccccc2)CC1. The van der Waals surface area contributed by atoms with Crippen molar-refractivity contribution in [2.45, 2.75) is 32.4 Å². The van der Waals surface area contributed by atoms with Gasteiger partial charge in [0.05, 0.1) is 13.0 Å². The van der Waals surface area contributed by atoms with Crippen LogP contribution in [0.5, 0.6) is 0 Å². The summed E-state index contributed by atoms with van der Waals surface area (Å²) in [4.78, 5) is 16.6. The lowest BCUT2D eigenvalue weighted by molar-refractivity contribution is -0.132. The van der Waals surface area contributed by atoms with Crippen molar-refractivity contribution in [3.8, 4) is 0 Å². The molecule has 1 atom stereocenters. The highest BCUT2D eigenvalue weighted by molar-refractivity contribution is 5.76. The molecular weight excluding hydrogens is 264 g/mol. The number of ether oxygens (including phenoxy) is 1. The van der Waals surface area contributed by atoms with Crippen LogP contribution in [0.2, 0.25) is 0 Å². The molecule has 116 valence electrons. The van der Waals surface area contributed by atoms with E-state index in [0.717, 1.165) is 32.6 Å². The van der Waals surface area contributed by atoms with Crippen LogP contribution in [-0.4, -0.2) is 55.1 Å². The van der Waals surface area contributed by atoms with Gasteiger partial charge in [0.2, 0.25) is 5.91 Å². The number of carbonyl (C=O) groups is 1. The standard InChI is InChI=1S/C17H26N2O2/c1-15-8-10-18(17(20)9-13-21-2)11-12-19(15)14-16-6-4-3-5-7-16/h3-7,15H,8-14H2,1-2H3. The van der Waals surface area contributed by atoms with E-state index in [0.29, 0.717) is 19.1 Å². The first-order valence-electron chi connectivity index (χ1n) is 7.75. The van der Waals surface area contributed by atoms with Gasteiger partial charge in [0.1, 0.15) is 0 Å². The van der Waals surface area contributed by atoms with Crippen LogP contribution in [0.3, 0.4) is 0 Å². The molecule has 1 fully saturated rings. The van der Waals surface area contributed by atoms with E-state index in [1.807, 2.05) is 11.0 Å². The van der Waals surface area contributed by atoms with Gasteiger partial charge in [0.15, 0.2) is 0 Å². The van der Waals surface area contributed by atoms with Crippen LogP contribution in [0.4, 0.5) is 0 Å². The molecule has 1 heterocycles. The summed E-state index contributed by atoms with van der Waals surface area (Å²) in [6.07, 6.45) is 1.52. The van der Waals surface area contributed by atoms with Crippen LogP contribution < -0.4 is 0 Å². The normalized spacial score (nSPS) is 20.3. The highest BCUT2D eigenvalue weighted by atomic mass is 16.5. The lowest BCUT2D eigenvalue weighted by Crippen LogP contribution is -2.36. The number of amides is 1. The van der Waals surface area contributed by atoms with Gasteiger partial charge in [-0.3, -0.25) is 9.69 Å². The molecule has 0 saturated carbocycles. The molecule has 0 bridgehead atoms. The Morgan fingerprint density at radius 2 is 2.00 bits per heavy atom. The fourth-order valence-electron chi connectivity index (χ4n) is 2.76. The average Bonchev–Trinajstić information content (AvgIpc) is 2.69. The van der Waals surface area contributed by atoms with Crippen molar-refractivity contribution in [3.63, 3.8) is 0 Å². The number of carbonyl (C=O) groups excluding carboxylic acids is 1. The number of rotatable bonds is 5. The van der Waals surface area contributed by atoms with Crippen LogP contribution in [0.15, 0.2) is 30.3 Å². The van der Waals surface area contributed by atoms with Gasteiger partial charge < -0.3 is 9.64 Å². The molecule has 1 saturated heterocycles. The molecule has 0 radical (unpaired) electrons. The molecule has 1 aromatic rings. The van der Waals surface area contributed by atoms with Crippen molar-refractivity contribution in [1.82, 2.24) is 9.80 Å². The third-order valence-corrected chi connectivity index (χ3v) is 4.20. The first kappa shape index (κ1) is 16.0. The van der Waals surface area contributed by atoms with E-state index in [4.69, 9.17) is 4.74 Å². The van der Waals surface area contributed by atoms with E-state index in [-0.39, 0.29) is 5.91 Å². The predicted octanol–water partition coefficient (Wildman–Crippen LogP) is 2.15.